The second-order valence-electron chi connectivity index (χ2n) is 3.62. The highest BCUT2D eigenvalue weighted by Gasteiger charge is 2.14. The van der Waals surface area contributed by atoms with Gasteiger partial charge in [-0.1, -0.05) is 0 Å². The van der Waals surface area contributed by atoms with Crippen LogP contribution in [0.1, 0.15) is 21.3 Å². The molecule has 6 heteroatoms. The number of nitrogens with one attached hydrogen (secondary N) is 1. The van der Waals surface area contributed by atoms with Gasteiger partial charge in [0.25, 0.3) is 5.91 Å². The molecule has 0 saturated heterocycles. The Kier molecular flexibility index (Phi) is 4.94. The first-order valence-corrected chi connectivity index (χ1v) is 7.89. The molecule has 0 aliphatic rings. The minimum atomic E-state index is -0.0939. The molecule has 0 aliphatic carbocycles. The van der Waals surface area contributed by atoms with Crippen molar-refractivity contribution in [2.75, 3.05) is 13.7 Å². The van der Waals surface area contributed by atoms with Crippen molar-refractivity contribution in [1.82, 2.24) is 5.32 Å². The molecule has 0 spiro atoms. The normalized spacial score (nSPS) is 12.3. The highest BCUT2D eigenvalue weighted by Crippen LogP contribution is 2.21. The van der Waals surface area contributed by atoms with E-state index in [0.29, 0.717) is 11.4 Å². The molecular weight excluding hydrogens is 334 g/mol. The zero-order chi connectivity index (χ0) is 13.0. The number of rotatable bonds is 5. The summed E-state index contributed by atoms with van der Waals surface area (Å²) in [4.78, 5) is 12.6. The molecule has 2 rings (SSSR count). The molecule has 1 N–H and O–H groups in total. The summed E-state index contributed by atoms with van der Waals surface area (Å²) in [6.07, 6.45) is -0.0939. The molecule has 0 fully saturated rings. The van der Waals surface area contributed by atoms with E-state index < -0.39 is 0 Å². The maximum Gasteiger partial charge on any atom is 0.261 e. The Balaban J connectivity index is 1.92. The standard InChI is InChI=1S/C12H12BrNO2S2/c1-16-10(8-2-3-17-6-8)5-14-12(15)11-4-9(13)7-18-11/h2-4,6-7,10H,5H2,1H3,(H,14,15)/t10-/m1/s1. The van der Waals surface area contributed by atoms with Gasteiger partial charge in [-0.15, -0.1) is 11.3 Å². The largest absolute Gasteiger partial charge is 0.375 e. The molecule has 0 unspecified atom stereocenters. The fourth-order valence-electron chi connectivity index (χ4n) is 1.50. The van der Waals surface area contributed by atoms with E-state index in [1.54, 1.807) is 18.4 Å². The van der Waals surface area contributed by atoms with Crippen molar-refractivity contribution in [2.24, 2.45) is 0 Å². The van der Waals surface area contributed by atoms with Gasteiger partial charge in [0.1, 0.15) is 6.10 Å². The highest BCUT2D eigenvalue weighted by atomic mass is 79.9. The van der Waals surface area contributed by atoms with Gasteiger partial charge in [0.15, 0.2) is 0 Å². The van der Waals surface area contributed by atoms with E-state index in [1.165, 1.54) is 11.3 Å². The Bertz CT molecular complexity index is 510. The van der Waals surface area contributed by atoms with E-state index in [0.717, 1.165) is 10.0 Å². The second-order valence-corrected chi connectivity index (χ2v) is 6.23. The van der Waals surface area contributed by atoms with Crippen molar-refractivity contribution in [2.45, 2.75) is 6.10 Å². The van der Waals surface area contributed by atoms with Crippen LogP contribution in [0, 0.1) is 0 Å². The Morgan fingerprint density at radius 2 is 2.39 bits per heavy atom. The average Bonchev–Trinajstić information content (AvgIpc) is 3.01. The molecular formula is C12H12BrNO2S2. The number of carbonyl (C=O) groups excluding carboxylic acids is 1. The first kappa shape index (κ1) is 13.7. The van der Waals surface area contributed by atoms with E-state index in [4.69, 9.17) is 4.74 Å². The number of methoxy groups -OCH3 is 1. The van der Waals surface area contributed by atoms with Crippen molar-refractivity contribution in [3.05, 3.63) is 43.2 Å². The third-order valence-electron chi connectivity index (χ3n) is 2.44. The Hall–Kier alpha value is -0.690. The number of thiophene rings is 2. The molecule has 3 nitrogen and oxygen atoms in total. The summed E-state index contributed by atoms with van der Waals surface area (Å²) in [6, 6.07) is 3.82. The third-order valence-corrected chi connectivity index (χ3v) is 4.83. The molecule has 1 atom stereocenters. The Labute approximate surface area is 122 Å². The van der Waals surface area contributed by atoms with Gasteiger partial charge in [0.2, 0.25) is 0 Å². The van der Waals surface area contributed by atoms with Gasteiger partial charge in [-0.2, -0.15) is 11.3 Å². The van der Waals surface area contributed by atoms with Crippen LogP contribution in [0.4, 0.5) is 0 Å². The number of hydrogen-bond donors (Lipinski definition) is 1. The van der Waals surface area contributed by atoms with Crippen LogP contribution in [0.15, 0.2) is 32.7 Å². The maximum absolute atomic E-state index is 11.9. The number of hydrogen-bond acceptors (Lipinski definition) is 4. The van der Waals surface area contributed by atoms with Crippen LogP contribution in [0.5, 0.6) is 0 Å². The fourth-order valence-corrected chi connectivity index (χ4v) is 3.54. The summed E-state index contributed by atoms with van der Waals surface area (Å²) in [5.74, 6) is -0.0667. The number of carbonyl (C=O) groups is 1. The van der Waals surface area contributed by atoms with Crippen molar-refractivity contribution in [1.29, 1.82) is 0 Å². The van der Waals surface area contributed by atoms with Gasteiger partial charge in [-0.3, -0.25) is 4.79 Å². The minimum absolute atomic E-state index is 0.0667. The zero-order valence-electron chi connectivity index (χ0n) is 9.68. The van der Waals surface area contributed by atoms with Gasteiger partial charge in [-0.05, 0) is 44.4 Å². The van der Waals surface area contributed by atoms with Gasteiger partial charge < -0.3 is 10.1 Å². The molecule has 0 bridgehead atoms. The van der Waals surface area contributed by atoms with Gasteiger partial charge in [-0.25, -0.2) is 0 Å². The summed E-state index contributed by atoms with van der Waals surface area (Å²) in [5.41, 5.74) is 1.09. The molecule has 2 aromatic heterocycles. The molecule has 0 saturated carbocycles. The lowest BCUT2D eigenvalue weighted by Crippen LogP contribution is -2.28. The second kappa shape index (κ2) is 6.47. The number of ether oxygens (including phenoxy) is 1. The topological polar surface area (TPSA) is 38.3 Å². The van der Waals surface area contributed by atoms with E-state index in [9.17, 15) is 4.79 Å². The smallest absolute Gasteiger partial charge is 0.261 e. The van der Waals surface area contributed by atoms with Crippen molar-refractivity contribution in [3.8, 4) is 0 Å². The quantitative estimate of drug-likeness (QED) is 0.897. The molecule has 96 valence electrons. The Morgan fingerprint density at radius 3 is 2.94 bits per heavy atom. The Morgan fingerprint density at radius 1 is 1.56 bits per heavy atom. The molecule has 1 amide bonds. The summed E-state index contributed by atoms with van der Waals surface area (Å²) >= 11 is 6.37. The summed E-state index contributed by atoms with van der Waals surface area (Å²) in [6.45, 7) is 0.474. The van der Waals surface area contributed by atoms with Gasteiger partial charge in [0, 0.05) is 23.5 Å². The van der Waals surface area contributed by atoms with Crippen molar-refractivity contribution in [3.63, 3.8) is 0 Å². The molecule has 18 heavy (non-hydrogen) atoms. The highest BCUT2D eigenvalue weighted by molar-refractivity contribution is 9.10. The predicted octanol–water partition coefficient (Wildman–Crippen LogP) is 3.69. The number of amides is 1. The first-order valence-electron chi connectivity index (χ1n) is 5.28. The monoisotopic (exact) mass is 345 g/mol. The van der Waals surface area contributed by atoms with Crippen LogP contribution in [-0.4, -0.2) is 19.6 Å². The molecule has 2 heterocycles. The maximum atomic E-state index is 11.9. The number of halogens is 1. The predicted molar refractivity (Wildman–Crippen MR) is 78.4 cm³/mol. The average molecular weight is 346 g/mol. The first-order chi connectivity index (χ1) is 8.70. The minimum Gasteiger partial charge on any atom is -0.375 e. The SMILES string of the molecule is CO[C@H](CNC(=O)c1cc(Br)cs1)c1ccsc1. The van der Waals surface area contributed by atoms with E-state index in [1.807, 2.05) is 28.3 Å². The van der Waals surface area contributed by atoms with Crippen LogP contribution in [-0.2, 0) is 4.74 Å². The van der Waals surface area contributed by atoms with Gasteiger partial charge in [0.05, 0.1) is 4.88 Å². The fraction of sp³-hybridized carbons (Fsp3) is 0.250. The summed E-state index contributed by atoms with van der Waals surface area (Å²) in [7, 11) is 1.65. The molecule has 0 aliphatic heterocycles. The van der Waals surface area contributed by atoms with Crippen LogP contribution >= 0.6 is 38.6 Å². The van der Waals surface area contributed by atoms with Crippen molar-refractivity contribution < 1.29 is 9.53 Å². The lowest BCUT2D eigenvalue weighted by atomic mass is 10.2. The summed E-state index contributed by atoms with van der Waals surface area (Å²) in [5, 5.41) is 8.80. The van der Waals surface area contributed by atoms with Crippen LogP contribution < -0.4 is 5.32 Å². The molecule has 0 radical (unpaired) electrons. The molecule has 0 aromatic carbocycles. The lowest BCUT2D eigenvalue weighted by Gasteiger charge is -2.14. The summed E-state index contributed by atoms with van der Waals surface area (Å²) < 4.78 is 6.30. The van der Waals surface area contributed by atoms with Gasteiger partial charge >= 0.3 is 0 Å². The van der Waals surface area contributed by atoms with E-state index >= 15 is 0 Å². The molecule has 2 aromatic rings. The van der Waals surface area contributed by atoms with Crippen LogP contribution in [0.2, 0.25) is 0 Å². The third kappa shape index (κ3) is 3.41. The van der Waals surface area contributed by atoms with E-state index in [-0.39, 0.29) is 12.0 Å². The van der Waals surface area contributed by atoms with Crippen LogP contribution in [0.3, 0.4) is 0 Å². The van der Waals surface area contributed by atoms with Crippen LogP contribution in [0.25, 0.3) is 0 Å². The lowest BCUT2D eigenvalue weighted by molar-refractivity contribution is 0.0832. The zero-order valence-corrected chi connectivity index (χ0v) is 12.9. The van der Waals surface area contributed by atoms with Crippen molar-refractivity contribution >= 4 is 44.5 Å². The van der Waals surface area contributed by atoms with E-state index in [2.05, 4.69) is 21.2 Å².